The Balaban J connectivity index is 1.41. The molecule has 1 aliphatic rings. The molecule has 1 amide bonds. The van der Waals surface area contributed by atoms with Crippen molar-refractivity contribution < 1.29 is 4.79 Å². The molecule has 0 spiro atoms. The van der Waals surface area contributed by atoms with E-state index in [9.17, 15) is 9.59 Å². The fourth-order valence-electron chi connectivity index (χ4n) is 3.39. The van der Waals surface area contributed by atoms with Gasteiger partial charge in [0.15, 0.2) is 0 Å². The third-order valence-electron chi connectivity index (χ3n) is 4.86. The molecule has 9 heteroatoms. The molecule has 0 aromatic carbocycles. The molecule has 28 heavy (non-hydrogen) atoms. The highest BCUT2D eigenvalue weighted by atomic mass is 32.1. The molecule has 1 aliphatic heterocycles. The Labute approximate surface area is 171 Å². The third kappa shape index (κ3) is 3.95. The van der Waals surface area contributed by atoms with Crippen LogP contribution in [0.5, 0.6) is 0 Å². The Bertz CT molecular complexity index is 1050. The van der Waals surface area contributed by atoms with Gasteiger partial charge in [0.1, 0.15) is 0 Å². The fourth-order valence-corrected chi connectivity index (χ4v) is 5.13. The van der Waals surface area contributed by atoms with Gasteiger partial charge in [0.05, 0.1) is 4.88 Å². The van der Waals surface area contributed by atoms with E-state index in [1.165, 1.54) is 27.2 Å². The van der Waals surface area contributed by atoms with E-state index in [1.54, 1.807) is 6.07 Å². The summed E-state index contributed by atoms with van der Waals surface area (Å²) in [6.07, 6.45) is 3.47. The van der Waals surface area contributed by atoms with Crippen LogP contribution < -0.4 is 15.8 Å². The van der Waals surface area contributed by atoms with Crippen molar-refractivity contribution in [1.82, 2.24) is 19.9 Å². The number of piperidine rings is 1. The molecule has 1 fully saturated rings. The number of nitrogens with zero attached hydrogens (tertiary/aromatic N) is 4. The zero-order valence-electron chi connectivity index (χ0n) is 16.0. The molecule has 0 aliphatic carbocycles. The predicted octanol–water partition coefficient (Wildman–Crippen LogP) is 2.87. The lowest BCUT2D eigenvalue weighted by Crippen LogP contribution is -2.44. The Hall–Kier alpha value is -2.26. The number of amides is 1. The van der Waals surface area contributed by atoms with Crippen LogP contribution in [0.25, 0.3) is 4.96 Å². The second kappa shape index (κ2) is 8.00. The van der Waals surface area contributed by atoms with Crippen LogP contribution in [0.1, 0.15) is 46.4 Å². The van der Waals surface area contributed by atoms with Gasteiger partial charge in [-0.05, 0) is 38.3 Å². The van der Waals surface area contributed by atoms with Crippen molar-refractivity contribution in [2.24, 2.45) is 0 Å². The van der Waals surface area contributed by atoms with Crippen molar-refractivity contribution in [2.75, 3.05) is 18.0 Å². The van der Waals surface area contributed by atoms with Gasteiger partial charge in [-0.2, -0.15) is 4.52 Å². The average Bonchev–Trinajstić information content (AvgIpc) is 3.29. The second-order valence-corrected chi connectivity index (χ2v) is 9.28. The number of aryl methyl sites for hydroxylation is 2. The number of anilines is 1. The molecule has 1 N–H and O–H groups in total. The second-order valence-electron chi connectivity index (χ2n) is 7.06. The maximum atomic E-state index is 12.3. The number of rotatable bonds is 5. The lowest BCUT2D eigenvalue weighted by Gasteiger charge is -2.31. The van der Waals surface area contributed by atoms with Gasteiger partial charge in [-0.1, -0.05) is 24.7 Å². The largest absolute Gasteiger partial charge is 0.348 e. The zero-order valence-corrected chi connectivity index (χ0v) is 17.6. The van der Waals surface area contributed by atoms with Gasteiger partial charge in [0.25, 0.3) is 11.5 Å². The molecule has 1 saturated heterocycles. The van der Waals surface area contributed by atoms with Gasteiger partial charge in [-0.25, -0.2) is 4.98 Å². The standard InChI is InChI=1S/C19H23N5O2S2/c1-3-4-14-11-16(25)24-18(21-14)28-19(22-24)23-9-7-13(8-10-23)20-17(26)15-6-5-12(2)27-15/h5-6,11,13H,3-4,7-10H2,1-2H3,(H,20,26). The van der Waals surface area contributed by atoms with E-state index in [2.05, 4.69) is 27.2 Å². The summed E-state index contributed by atoms with van der Waals surface area (Å²) < 4.78 is 1.39. The number of aromatic nitrogens is 3. The molecule has 3 aromatic rings. The van der Waals surface area contributed by atoms with Crippen LogP contribution in [0.3, 0.4) is 0 Å². The van der Waals surface area contributed by atoms with Gasteiger partial charge < -0.3 is 10.2 Å². The molecule has 7 nitrogen and oxygen atoms in total. The highest BCUT2D eigenvalue weighted by molar-refractivity contribution is 7.20. The van der Waals surface area contributed by atoms with Gasteiger partial charge in [-0.3, -0.25) is 9.59 Å². The number of hydrogen-bond acceptors (Lipinski definition) is 7. The summed E-state index contributed by atoms with van der Waals surface area (Å²) in [7, 11) is 0. The van der Waals surface area contributed by atoms with E-state index in [-0.39, 0.29) is 17.5 Å². The summed E-state index contributed by atoms with van der Waals surface area (Å²) in [6.45, 7) is 5.67. The summed E-state index contributed by atoms with van der Waals surface area (Å²) in [4.78, 5) is 33.9. The van der Waals surface area contributed by atoms with Crippen LogP contribution in [0.4, 0.5) is 5.13 Å². The summed E-state index contributed by atoms with van der Waals surface area (Å²) in [6, 6.07) is 5.59. The Morgan fingerprint density at radius 3 is 2.75 bits per heavy atom. The highest BCUT2D eigenvalue weighted by Crippen LogP contribution is 2.25. The van der Waals surface area contributed by atoms with E-state index in [4.69, 9.17) is 0 Å². The summed E-state index contributed by atoms with van der Waals surface area (Å²) in [5, 5.41) is 8.43. The van der Waals surface area contributed by atoms with E-state index >= 15 is 0 Å². The minimum absolute atomic E-state index is 0.00995. The lowest BCUT2D eigenvalue weighted by atomic mass is 10.1. The minimum Gasteiger partial charge on any atom is -0.348 e. The van der Waals surface area contributed by atoms with Gasteiger partial charge in [0.2, 0.25) is 10.1 Å². The van der Waals surface area contributed by atoms with Gasteiger partial charge >= 0.3 is 0 Å². The fraction of sp³-hybridized carbons (Fsp3) is 0.474. The molecule has 0 radical (unpaired) electrons. The number of fused-ring (bicyclic) bond motifs is 1. The Kier molecular flexibility index (Phi) is 5.45. The molecular formula is C19H23N5O2S2. The van der Waals surface area contributed by atoms with E-state index in [0.717, 1.165) is 59.4 Å². The smallest absolute Gasteiger partial charge is 0.275 e. The first-order chi connectivity index (χ1) is 13.5. The molecule has 0 saturated carbocycles. The number of carbonyl (C=O) groups excluding carboxylic acids is 1. The molecule has 0 unspecified atom stereocenters. The molecule has 0 atom stereocenters. The van der Waals surface area contributed by atoms with Crippen molar-refractivity contribution in [3.8, 4) is 0 Å². The first-order valence-corrected chi connectivity index (χ1v) is 11.2. The van der Waals surface area contributed by atoms with Crippen LogP contribution >= 0.6 is 22.7 Å². The summed E-state index contributed by atoms with van der Waals surface area (Å²) >= 11 is 2.97. The topological polar surface area (TPSA) is 79.6 Å². The molecule has 3 aromatic heterocycles. The van der Waals surface area contributed by atoms with Gasteiger partial charge in [0, 0.05) is 35.8 Å². The van der Waals surface area contributed by atoms with Crippen molar-refractivity contribution >= 4 is 38.7 Å². The van der Waals surface area contributed by atoms with E-state index in [0.29, 0.717) is 4.96 Å². The predicted molar refractivity (Wildman–Crippen MR) is 113 cm³/mol. The Morgan fingerprint density at radius 1 is 1.29 bits per heavy atom. The Morgan fingerprint density at radius 2 is 2.07 bits per heavy atom. The lowest BCUT2D eigenvalue weighted by molar-refractivity contribution is 0.0935. The molecule has 4 heterocycles. The molecule has 148 valence electrons. The van der Waals surface area contributed by atoms with Crippen LogP contribution in [-0.4, -0.2) is 39.6 Å². The average molecular weight is 418 g/mol. The number of hydrogen-bond donors (Lipinski definition) is 1. The maximum Gasteiger partial charge on any atom is 0.275 e. The van der Waals surface area contributed by atoms with Crippen molar-refractivity contribution in [3.63, 3.8) is 0 Å². The zero-order chi connectivity index (χ0) is 19.7. The van der Waals surface area contributed by atoms with Crippen molar-refractivity contribution in [3.05, 3.63) is 44.0 Å². The van der Waals surface area contributed by atoms with Crippen LogP contribution in [0, 0.1) is 6.92 Å². The number of carbonyl (C=O) groups is 1. The van der Waals surface area contributed by atoms with Crippen LogP contribution in [0.15, 0.2) is 23.0 Å². The number of nitrogens with one attached hydrogen (secondary N) is 1. The maximum absolute atomic E-state index is 12.3. The molecule has 4 rings (SSSR count). The summed E-state index contributed by atoms with van der Waals surface area (Å²) in [5.74, 6) is 0.00995. The monoisotopic (exact) mass is 417 g/mol. The first-order valence-electron chi connectivity index (χ1n) is 9.55. The normalized spacial score (nSPS) is 15.3. The molecule has 0 bridgehead atoms. The van der Waals surface area contributed by atoms with Crippen LogP contribution in [-0.2, 0) is 6.42 Å². The van der Waals surface area contributed by atoms with E-state index in [1.807, 2.05) is 19.1 Å². The van der Waals surface area contributed by atoms with Crippen molar-refractivity contribution in [1.29, 1.82) is 0 Å². The van der Waals surface area contributed by atoms with Crippen LogP contribution in [0.2, 0.25) is 0 Å². The quantitative estimate of drug-likeness (QED) is 0.691. The number of thiophene rings is 1. The van der Waals surface area contributed by atoms with Gasteiger partial charge in [-0.15, -0.1) is 16.4 Å². The van der Waals surface area contributed by atoms with E-state index < -0.39 is 0 Å². The van der Waals surface area contributed by atoms with Crippen molar-refractivity contribution in [2.45, 2.75) is 45.6 Å². The summed E-state index contributed by atoms with van der Waals surface area (Å²) in [5.41, 5.74) is 0.706. The molecular weight excluding hydrogens is 394 g/mol. The third-order valence-corrected chi connectivity index (χ3v) is 6.83. The SMILES string of the molecule is CCCc1cc(=O)n2nc(N3CCC(NC(=O)c4ccc(C)s4)CC3)sc2n1. The minimum atomic E-state index is -0.121. The highest BCUT2D eigenvalue weighted by Gasteiger charge is 2.24. The first kappa shape index (κ1) is 19.1.